The predicted octanol–water partition coefficient (Wildman–Crippen LogP) is 8.16. The van der Waals surface area contributed by atoms with Gasteiger partial charge in [0.25, 0.3) is 0 Å². The number of hydrogen-bond donors (Lipinski definition) is 2. The number of aromatic nitrogens is 2. The number of amides is 3. The van der Waals surface area contributed by atoms with Gasteiger partial charge >= 0.3 is 12.2 Å². The van der Waals surface area contributed by atoms with Crippen molar-refractivity contribution < 1.29 is 23.9 Å². The van der Waals surface area contributed by atoms with Gasteiger partial charge < -0.3 is 24.7 Å². The van der Waals surface area contributed by atoms with Gasteiger partial charge in [-0.2, -0.15) is 0 Å². The zero-order chi connectivity index (χ0) is 34.2. The smallest absolute Gasteiger partial charge is 0.410 e. The quantitative estimate of drug-likeness (QED) is 0.225. The van der Waals surface area contributed by atoms with Crippen molar-refractivity contribution in [2.75, 3.05) is 25.0 Å². The second-order valence-electron chi connectivity index (χ2n) is 14.8. The number of aromatic amines is 1. The van der Waals surface area contributed by atoms with E-state index >= 15 is 0 Å². The number of nitrogens with one attached hydrogen (secondary N) is 2. The Balaban J connectivity index is 1.09. The number of carbonyl (C=O) groups is 3. The summed E-state index contributed by atoms with van der Waals surface area (Å²) in [6, 6.07) is 20.4. The van der Waals surface area contributed by atoms with E-state index in [0.717, 1.165) is 57.5 Å². The van der Waals surface area contributed by atoms with Crippen LogP contribution in [0.2, 0.25) is 0 Å². The van der Waals surface area contributed by atoms with Crippen LogP contribution in [0.5, 0.6) is 0 Å². The van der Waals surface area contributed by atoms with Crippen LogP contribution in [0.4, 0.5) is 15.3 Å². The standard InChI is InChI=1S/C38H45N5O5/c1-37(2,3)47-35(45)42-19-17-29(23-42)34(44)40-30-16-15-27-20-26(13-14-28(27)21-30)24-9-11-25(12-10-24)31-22-39-33(41-31)32-8-7-18-43(32)36(46)48-38(4,5)6/h9-16,20-22,29,32H,7-8,17-19,23H2,1-6H3,(H,39,41)(H,40,44)/t29?,32-/m0/s1. The molecule has 0 spiro atoms. The predicted molar refractivity (Wildman–Crippen MR) is 186 cm³/mol. The Labute approximate surface area is 281 Å². The Hall–Kier alpha value is -4.86. The number of anilines is 1. The van der Waals surface area contributed by atoms with E-state index in [1.165, 1.54) is 0 Å². The summed E-state index contributed by atoms with van der Waals surface area (Å²) in [4.78, 5) is 49.7. The molecule has 0 bridgehead atoms. The maximum Gasteiger partial charge on any atom is 0.410 e. The fourth-order valence-electron chi connectivity index (χ4n) is 6.29. The van der Waals surface area contributed by atoms with Crippen molar-refractivity contribution in [3.63, 3.8) is 0 Å². The molecule has 2 N–H and O–H groups in total. The second kappa shape index (κ2) is 13.0. The molecule has 4 aromatic rings. The molecule has 0 aliphatic carbocycles. The minimum atomic E-state index is -0.568. The molecule has 2 atom stereocenters. The third kappa shape index (κ3) is 7.64. The van der Waals surface area contributed by atoms with Gasteiger partial charge in [0.2, 0.25) is 5.91 Å². The van der Waals surface area contributed by atoms with E-state index in [2.05, 4.69) is 52.8 Å². The first-order valence-electron chi connectivity index (χ1n) is 16.7. The van der Waals surface area contributed by atoms with Crippen LogP contribution in [0.15, 0.2) is 66.9 Å². The minimum Gasteiger partial charge on any atom is -0.444 e. The maximum atomic E-state index is 13.0. The average molecular weight is 652 g/mol. The molecule has 252 valence electrons. The zero-order valence-electron chi connectivity index (χ0n) is 28.6. The number of nitrogens with zero attached hydrogens (tertiary/aromatic N) is 3. The normalized spacial score (nSPS) is 18.3. The van der Waals surface area contributed by atoms with Gasteiger partial charge in [0, 0.05) is 37.1 Å². The summed E-state index contributed by atoms with van der Waals surface area (Å²) in [7, 11) is 0. The lowest BCUT2D eigenvalue weighted by atomic mass is 9.99. The van der Waals surface area contributed by atoms with Crippen LogP contribution < -0.4 is 5.32 Å². The zero-order valence-corrected chi connectivity index (χ0v) is 28.6. The molecule has 0 radical (unpaired) electrons. The fourth-order valence-corrected chi connectivity index (χ4v) is 6.29. The summed E-state index contributed by atoms with van der Waals surface area (Å²) >= 11 is 0. The number of likely N-dealkylation sites (tertiary alicyclic amines) is 2. The van der Waals surface area contributed by atoms with Crippen LogP contribution in [0.1, 0.15) is 72.7 Å². The van der Waals surface area contributed by atoms with E-state index in [4.69, 9.17) is 14.5 Å². The van der Waals surface area contributed by atoms with E-state index in [-0.39, 0.29) is 30.1 Å². The Morgan fingerprint density at radius 1 is 0.792 bits per heavy atom. The summed E-state index contributed by atoms with van der Waals surface area (Å²) in [6.45, 7) is 12.7. The van der Waals surface area contributed by atoms with Crippen LogP contribution in [0.3, 0.4) is 0 Å². The molecule has 2 saturated heterocycles. The molecule has 0 saturated carbocycles. The number of benzene rings is 3. The molecule has 10 heteroatoms. The number of ether oxygens (including phenoxy) is 2. The van der Waals surface area contributed by atoms with Crippen LogP contribution in [-0.2, 0) is 14.3 Å². The first kappa shape index (κ1) is 33.1. The lowest BCUT2D eigenvalue weighted by Crippen LogP contribution is -2.36. The first-order chi connectivity index (χ1) is 22.7. The second-order valence-corrected chi connectivity index (χ2v) is 14.8. The lowest BCUT2D eigenvalue weighted by Gasteiger charge is -2.27. The molecule has 3 heterocycles. The van der Waals surface area contributed by atoms with Crippen molar-refractivity contribution >= 4 is 34.6 Å². The monoisotopic (exact) mass is 651 g/mol. The van der Waals surface area contributed by atoms with E-state index < -0.39 is 11.2 Å². The molecule has 2 aliphatic rings. The molecule has 48 heavy (non-hydrogen) atoms. The third-order valence-electron chi connectivity index (χ3n) is 8.63. The van der Waals surface area contributed by atoms with Gasteiger partial charge in [-0.3, -0.25) is 9.69 Å². The Bertz CT molecular complexity index is 1820. The van der Waals surface area contributed by atoms with E-state index in [0.29, 0.717) is 26.1 Å². The average Bonchev–Trinajstić information content (AvgIpc) is 3.80. The maximum absolute atomic E-state index is 13.0. The largest absolute Gasteiger partial charge is 0.444 e. The van der Waals surface area contributed by atoms with Crippen LogP contribution in [0.25, 0.3) is 33.2 Å². The SMILES string of the molecule is CC(C)(C)OC(=O)N1CCC(C(=O)Nc2ccc3cc(-c4ccc(-c5c[nH]c([C@@H]6CCCN6C(=O)OC(C)(C)C)n5)cc4)ccc3c2)C1. The number of H-pyrrole nitrogens is 1. The molecule has 2 fully saturated rings. The number of imidazole rings is 1. The van der Waals surface area contributed by atoms with Crippen LogP contribution in [0, 0.1) is 5.92 Å². The highest BCUT2D eigenvalue weighted by Crippen LogP contribution is 2.34. The molecule has 1 aromatic heterocycles. The minimum absolute atomic E-state index is 0.0928. The van der Waals surface area contributed by atoms with Crippen molar-refractivity contribution in [3.05, 3.63) is 72.7 Å². The Kier molecular flexibility index (Phi) is 8.94. The lowest BCUT2D eigenvalue weighted by molar-refractivity contribution is -0.119. The van der Waals surface area contributed by atoms with Gasteiger partial charge in [-0.15, -0.1) is 0 Å². The Morgan fingerprint density at radius 3 is 2.17 bits per heavy atom. The van der Waals surface area contributed by atoms with Gasteiger partial charge in [-0.1, -0.05) is 42.5 Å². The van der Waals surface area contributed by atoms with Crippen molar-refractivity contribution in [1.29, 1.82) is 0 Å². The van der Waals surface area contributed by atoms with Crippen molar-refractivity contribution in [2.24, 2.45) is 5.92 Å². The number of fused-ring (bicyclic) bond motifs is 1. The molecule has 10 nitrogen and oxygen atoms in total. The Morgan fingerprint density at radius 2 is 1.44 bits per heavy atom. The molecule has 1 unspecified atom stereocenters. The summed E-state index contributed by atoms with van der Waals surface area (Å²) in [6.07, 6.45) is 3.57. The van der Waals surface area contributed by atoms with Gasteiger partial charge in [-0.05, 0) is 101 Å². The molecular weight excluding hydrogens is 606 g/mol. The molecule has 2 aliphatic heterocycles. The van der Waals surface area contributed by atoms with E-state index in [1.54, 1.807) is 9.80 Å². The van der Waals surface area contributed by atoms with Gasteiger partial charge in [0.1, 0.15) is 17.0 Å². The fraction of sp³-hybridized carbons (Fsp3) is 0.421. The van der Waals surface area contributed by atoms with Gasteiger partial charge in [0.15, 0.2) is 0 Å². The van der Waals surface area contributed by atoms with E-state index in [9.17, 15) is 14.4 Å². The summed E-state index contributed by atoms with van der Waals surface area (Å²) in [5.74, 6) is 0.402. The van der Waals surface area contributed by atoms with Crippen molar-refractivity contribution in [2.45, 2.75) is 78.0 Å². The number of hydrogen-bond acceptors (Lipinski definition) is 6. The molecule has 3 amide bonds. The highest BCUT2D eigenvalue weighted by Gasteiger charge is 2.35. The van der Waals surface area contributed by atoms with Gasteiger partial charge in [-0.25, -0.2) is 14.6 Å². The first-order valence-corrected chi connectivity index (χ1v) is 16.7. The van der Waals surface area contributed by atoms with E-state index in [1.807, 2.05) is 65.9 Å². The van der Waals surface area contributed by atoms with Crippen molar-refractivity contribution in [3.8, 4) is 22.4 Å². The number of carbonyl (C=O) groups excluding carboxylic acids is 3. The number of rotatable bonds is 5. The van der Waals surface area contributed by atoms with Crippen molar-refractivity contribution in [1.82, 2.24) is 19.8 Å². The molecular formula is C38H45N5O5. The highest BCUT2D eigenvalue weighted by molar-refractivity contribution is 5.97. The topological polar surface area (TPSA) is 117 Å². The summed E-state index contributed by atoms with van der Waals surface area (Å²) in [5.41, 5.74) is 3.59. The molecule has 6 rings (SSSR count). The van der Waals surface area contributed by atoms with Crippen LogP contribution in [-0.4, -0.2) is 68.7 Å². The van der Waals surface area contributed by atoms with Crippen LogP contribution >= 0.6 is 0 Å². The highest BCUT2D eigenvalue weighted by atomic mass is 16.6. The summed E-state index contributed by atoms with van der Waals surface area (Å²) < 4.78 is 11.1. The molecule has 3 aromatic carbocycles. The third-order valence-corrected chi connectivity index (χ3v) is 8.63. The van der Waals surface area contributed by atoms with Gasteiger partial charge in [0.05, 0.1) is 17.7 Å². The summed E-state index contributed by atoms with van der Waals surface area (Å²) in [5, 5.41) is 5.12.